The van der Waals surface area contributed by atoms with Crippen molar-refractivity contribution in [1.29, 1.82) is 0 Å². The number of esters is 1. The van der Waals surface area contributed by atoms with E-state index in [9.17, 15) is 4.79 Å². The van der Waals surface area contributed by atoms with Crippen LogP contribution in [0, 0.1) is 0 Å². The second-order valence-corrected chi connectivity index (χ2v) is 8.15. The van der Waals surface area contributed by atoms with Crippen molar-refractivity contribution in [3.8, 4) is 0 Å². The van der Waals surface area contributed by atoms with Gasteiger partial charge in [0.2, 0.25) is 0 Å². The van der Waals surface area contributed by atoms with E-state index in [1.807, 2.05) is 44.9 Å². The number of carbonyl (C=O) groups is 1. The SMILES string of the molecule is CN(CCOC[C@@H]1CC(c2ccc(Br)cn2)=NO1)CC(=O)OC(C)(C)C. The highest BCUT2D eigenvalue weighted by molar-refractivity contribution is 9.10. The summed E-state index contributed by atoms with van der Waals surface area (Å²) < 4.78 is 11.9. The van der Waals surface area contributed by atoms with Crippen molar-refractivity contribution in [2.75, 3.05) is 33.4 Å². The van der Waals surface area contributed by atoms with Crippen molar-refractivity contribution in [1.82, 2.24) is 9.88 Å². The van der Waals surface area contributed by atoms with E-state index < -0.39 is 5.60 Å². The van der Waals surface area contributed by atoms with Crippen LogP contribution in [0.2, 0.25) is 0 Å². The molecule has 7 nitrogen and oxygen atoms in total. The Morgan fingerprint density at radius 2 is 2.19 bits per heavy atom. The molecule has 0 saturated heterocycles. The topological polar surface area (TPSA) is 73.3 Å². The average molecular weight is 428 g/mol. The first kappa shape index (κ1) is 20.8. The Labute approximate surface area is 162 Å². The van der Waals surface area contributed by atoms with Gasteiger partial charge in [-0.15, -0.1) is 0 Å². The van der Waals surface area contributed by atoms with Gasteiger partial charge in [0, 0.05) is 23.6 Å². The molecule has 0 N–H and O–H groups in total. The fourth-order valence-electron chi connectivity index (χ4n) is 2.32. The van der Waals surface area contributed by atoms with Crippen LogP contribution in [-0.2, 0) is 19.1 Å². The maximum atomic E-state index is 11.8. The predicted molar refractivity (Wildman–Crippen MR) is 102 cm³/mol. The zero-order valence-corrected chi connectivity index (χ0v) is 17.3. The molecule has 1 aliphatic heterocycles. The van der Waals surface area contributed by atoms with Crippen molar-refractivity contribution in [3.63, 3.8) is 0 Å². The Bertz CT molecular complexity index is 628. The Morgan fingerprint density at radius 1 is 1.42 bits per heavy atom. The summed E-state index contributed by atoms with van der Waals surface area (Å²) in [6.07, 6.45) is 2.30. The quantitative estimate of drug-likeness (QED) is 0.468. The summed E-state index contributed by atoms with van der Waals surface area (Å²) in [5, 5.41) is 4.09. The molecular weight excluding hydrogens is 402 g/mol. The normalized spacial score (nSPS) is 17.2. The Morgan fingerprint density at radius 3 is 2.85 bits per heavy atom. The molecule has 1 aliphatic rings. The van der Waals surface area contributed by atoms with E-state index >= 15 is 0 Å². The van der Waals surface area contributed by atoms with E-state index in [1.54, 1.807) is 6.20 Å². The van der Waals surface area contributed by atoms with Crippen molar-refractivity contribution < 1.29 is 19.1 Å². The van der Waals surface area contributed by atoms with E-state index in [4.69, 9.17) is 14.3 Å². The number of aromatic nitrogens is 1. The van der Waals surface area contributed by atoms with Crippen molar-refractivity contribution in [3.05, 3.63) is 28.5 Å². The summed E-state index contributed by atoms with van der Waals surface area (Å²) in [6.45, 7) is 7.40. The van der Waals surface area contributed by atoms with Crippen LogP contribution < -0.4 is 0 Å². The highest BCUT2D eigenvalue weighted by atomic mass is 79.9. The molecule has 2 heterocycles. The number of ether oxygens (including phenoxy) is 2. The van der Waals surface area contributed by atoms with Crippen LogP contribution in [0.1, 0.15) is 32.9 Å². The number of oxime groups is 1. The fourth-order valence-corrected chi connectivity index (χ4v) is 2.56. The number of pyridine rings is 1. The molecule has 144 valence electrons. The molecule has 0 aromatic carbocycles. The molecular formula is C18H26BrN3O4. The summed E-state index contributed by atoms with van der Waals surface area (Å²) in [5.41, 5.74) is 1.18. The Hall–Kier alpha value is -1.51. The van der Waals surface area contributed by atoms with Crippen LogP contribution >= 0.6 is 15.9 Å². The van der Waals surface area contributed by atoms with E-state index in [0.29, 0.717) is 26.2 Å². The molecule has 1 aromatic rings. The third-order valence-corrected chi connectivity index (χ3v) is 3.97. The van der Waals surface area contributed by atoms with E-state index in [0.717, 1.165) is 15.9 Å². The first-order valence-electron chi connectivity index (χ1n) is 8.56. The molecule has 0 bridgehead atoms. The van der Waals surface area contributed by atoms with Crippen molar-refractivity contribution >= 4 is 27.6 Å². The van der Waals surface area contributed by atoms with Crippen molar-refractivity contribution in [2.45, 2.75) is 38.9 Å². The second-order valence-electron chi connectivity index (χ2n) is 7.23. The number of halogens is 1. The lowest BCUT2D eigenvalue weighted by Crippen LogP contribution is -2.34. The smallest absolute Gasteiger partial charge is 0.320 e. The van der Waals surface area contributed by atoms with Gasteiger partial charge in [0.05, 0.1) is 25.5 Å². The maximum absolute atomic E-state index is 11.8. The third-order valence-electron chi connectivity index (χ3n) is 3.50. The van der Waals surface area contributed by atoms with Crippen LogP contribution in [0.15, 0.2) is 28.0 Å². The molecule has 8 heteroatoms. The third kappa shape index (κ3) is 7.39. The highest BCUT2D eigenvalue weighted by Crippen LogP contribution is 2.17. The number of likely N-dealkylation sites (N-methyl/N-ethyl adjacent to an activating group) is 1. The predicted octanol–water partition coefficient (Wildman–Crippen LogP) is 2.63. The highest BCUT2D eigenvalue weighted by Gasteiger charge is 2.23. The van der Waals surface area contributed by atoms with Gasteiger partial charge in [-0.2, -0.15) is 0 Å². The summed E-state index contributed by atoms with van der Waals surface area (Å²) in [4.78, 5) is 23.3. The number of rotatable bonds is 8. The zero-order chi connectivity index (χ0) is 19.2. The molecule has 2 rings (SSSR count). The second kappa shape index (κ2) is 9.43. The number of hydrogen-bond acceptors (Lipinski definition) is 7. The molecule has 0 saturated carbocycles. The molecule has 0 radical (unpaired) electrons. The van der Waals surface area contributed by atoms with Crippen LogP contribution in [0.4, 0.5) is 0 Å². The molecule has 0 amide bonds. The van der Waals surface area contributed by atoms with Gasteiger partial charge in [-0.05, 0) is 55.9 Å². The molecule has 0 spiro atoms. The van der Waals surface area contributed by atoms with E-state index in [1.165, 1.54) is 0 Å². The van der Waals surface area contributed by atoms with Gasteiger partial charge in [-0.25, -0.2) is 0 Å². The maximum Gasteiger partial charge on any atom is 0.320 e. The molecule has 1 atom stereocenters. The average Bonchev–Trinajstić information content (AvgIpc) is 2.99. The Kier molecular flexibility index (Phi) is 7.55. The van der Waals surface area contributed by atoms with Gasteiger partial charge in [0.25, 0.3) is 0 Å². The van der Waals surface area contributed by atoms with Crippen molar-refractivity contribution in [2.24, 2.45) is 5.16 Å². The molecule has 26 heavy (non-hydrogen) atoms. The van der Waals surface area contributed by atoms with Gasteiger partial charge in [-0.3, -0.25) is 14.7 Å². The lowest BCUT2D eigenvalue weighted by Gasteiger charge is -2.22. The van der Waals surface area contributed by atoms with Gasteiger partial charge >= 0.3 is 5.97 Å². The summed E-state index contributed by atoms with van der Waals surface area (Å²) in [6, 6.07) is 3.83. The minimum absolute atomic E-state index is 0.105. The largest absolute Gasteiger partial charge is 0.459 e. The molecule has 0 aliphatic carbocycles. The minimum Gasteiger partial charge on any atom is -0.459 e. The standard InChI is InChI=1S/C18H26BrN3O4/c1-18(2,3)25-17(23)11-22(4)7-8-24-12-14-9-16(21-26-14)15-6-5-13(19)10-20-15/h5-6,10,14H,7-9,11-12H2,1-4H3/t14-/m0/s1. The van der Waals surface area contributed by atoms with Crippen LogP contribution in [0.3, 0.4) is 0 Å². The van der Waals surface area contributed by atoms with Gasteiger partial charge in [-0.1, -0.05) is 5.16 Å². The number of nitrogens with zero attached hydrogens (tertiary/aromatic N) is 3. The zero-order valence-electron chi connectivity index (χ0n) is 15.7. The van der Waals surface area contributed by atoms with Gasteiger partial charge in [0.1, 0.15) is 11.3 Å². The van der Waals surface area contributed by atoms with E-state index in [2.05, 4.69) is 26.1 Å². The number of carbonyl (C=O) groups excluding carboxylic acids is 1. The summed E-state index contributed by atoms with van der Waals surface area (Å²) in [5.74, 6) is -0.237. The molecule has 0 fully saturated rings. The molecule has 1 aromatic heterocycles. The van der Waals surface area contributed by atoms with Crippen LogP contribution in [0.5, 0.6) is 0 Å². The van der Waals surface area contributed by atoms with E-state index in [-0.39, 0.29) is 18.6 Å². The summed E-state index contributed by atoms with van der Waals surface area (Å²) in [7, 11) is 1.86. The lowest BCUT2D eigenvalue weighted by atomic mass is 10.1. The Balaban J connectivity index is 1.61. The minimum atomic E-state index is -0.463. The van der Waals surface area contributed by atoms with Crippen LogP contribution in [0.25, 0.3) is 0 Å². The monoisotopic (exact) mass is 427 g/mol. The fraction of sp³-hybridized carbons (Fsp3) is 0.611. The molecule has 0 unspecified atom stereocenters. The van der Waals surface area contributed by atoms with Gasteiger partial charge < -0.3 is 14.3 Å². The first-order chi connectivity index (χ1) is 12.2. The van der Waals surface area contributed by atoms with Gasteiger partial charge in [0.15, 0.2) is 6.10 Å². The first-order valence-corrected chi connectivity index (χ1v) is 9.35. The number of hydrogen-bond donors (Lipinski definition) is 0. The lowest BCUT2D eigenvalue weighted by molar-refractivity contribution is -0.155. The summed E-state index contributed by atoms with van der Waals surface area (Å²) >= 11 is 3.36. The van der Waals surface area contributed by atoms with Crippen LogP contribution in [-0.4, -0.2) is 66.6 Å².